The van der Waals surface area contributed by atoms with Crippen molar-refractivity contribution in [3.8, 4) is 11.5 Å². The maximum Gasteiger partial charge on any atom is 0.586 e. The second-order valence-corrected chi connectivity index (χ2v) is 14.3. The molecule has 4 atom stereocenters. The lowest BCUT2D eigenvalue weighted by Gasteiger charge is -2.29. The first-order valence-electron chi connectivity index (χ1n) is 17.1. The van der Waals surface area contributed by atoms with Crippen molar-refractivity contribution in [1.29, 1.82) is 0 Å². The molecule has 3 aromatic rings. The molecule has 1 aromatic heterocycles. The Hall–Kier alpha value is -5.16. The van der Waals surface area contributed by atoms with E-state index in [1.54, 1.807) is 37.2 Å². The van der Waals surface area contributed by atoms with E-state index in [9.17, 15) is 32.8 Å². The summed E-state index contributed by atoms with van der Waals surface area (Å²) < 4.78 is 36.6. The third-order valence-corrected chi connectivity index (χ3v) is 9.71. The fourth-order valence-electron chi connectivity index (χ4n) is 5.86. The molecule has 0 fully saturated rings. The SMILES string of the molecule is CC(C)[C@@H]1NC(=O)[C@H](C)NC(=O)c2csc(n2)[C@H](Cc2ccccc2)NC(=O)CN(Cc2ccc3c(c2)OC(F)(F)O3)CCN(C)C(=O)[C@@H](C)NC1=O. The van der Waals surface area contributed by atoms with Crippen LogP contribution in [0.2, 0.25) is 0 Å². The zero-order valence-corrected chi connectivity index (χ0v) is 30.8. The normalized spacial score (nSPS) is 23.5. The van der Waals surface area contributed by atoms with Crippen LogP contribution in [0.4, 0.5) is 8.78 Å². The number of halogens is 2. The maximum absolute atomic E-state index is 13.8. The summed E-state index contributed by atoms with van der Waals surface area (Å²) in [5, 5.41) is 13.0. The van der Waals surface area contributed by atoms with E-state index in [2.05, 4.69) is 35.7 Å². The van der Waals surface area contributed by atoms with Crippen LogP contribution in [0.3, 0.4) is 0 Å². The van der Waals surface area contributed by atoms with Gasteiger partial charge in [-0.1, -0.05) is 50.2 Å². The molecule has 17 heteroatoms. The summed E-state index contributed by atoms with van der Waals surface area (Å²) in [6, 6.07) is 10.1. The molecule has 14 nitrogen and oxygen atoms in total. The predicted octanol–water partition coefficient (Wildman–Crippen LogP) is 2.60. The summed E-state index contributed by atoms with van der Waals surface area (Å²) in [6.45, 7) is 6.75. The average Bonchev–Trinajstić information content (AvgIpc) is 3.72. The highest BCUT2D eigenvalue weighted by atomic mass is 32.1. The smallest absolute Gasteiger partial charge is 0.395 e. The van der Waals surface area contributed by atoms with E-state index >= 15 is 0 Å². The first-order valence-corrected chi connectivity index (χ1v) is 18.0. The highest BCUT2D eigenvalue weighted by molar-refractivity contribution is 7.09. The molecule has 5 rings (SSSR count). The number of hydrogen-bond acceptors (Lipinski definition) is 10. The van der Waals surface area contributed by atoms with Crippen LogP contribution < -0.4 is 30.7 Å². The lowest BCUT2D eigenvalue weighted by Crippen LogP contribution is -2.57. The van der Waals surface area contributed by atoms with Gasteiger partial charge in [0.1, 0.15) is 28.8 Å². The Bertz CT molecular complexity index is 1830. The number of carbonyl (C=O) groups excluding carboxylic acids is 5. The van der Waals surface area contributed by atoms with Gasteiger partial charge in [-0.3, -0.25) is 28.9 Å². The van der Waals surface area contributed by atoms with E-state index in [1.807, 2.05) is 30.3 Å². The number of fused-ring (bicyclic) bond motifs is 3. The molecule has 0 saturated carbocycles. The largest absolute Gasteiger partial charge is 0.586 e. The second kappa shape index (κ2) is 16.7. The summed E-state index contributed by atoms with van der Waals surface area (Å²) in [7, 11) is 1.56. The molecule has 5 amide bonds. The number of likely N-dealkylation sites (N-methyl/N-ethyl adjacent to an activating group) is 1. The Morgan fingerprint density at radius 2 is 1.60 bits per heavy atom. The van der Waals surface area contributed by atoms with Crippen LogP contribution in [-0.4, -0.2) is 95.4 Å². The standard InChI is InChI=1S/C36H43F2N7O7S/c1-20(2)30-33(49)40-22(4)35(50)44(5)13-14-45(17-24-11-12-27-28(16-24)52-36(37,38)51-27)18-29(46)41-25(15-23-9-7-6-8-10-23)34-42-26(19-53-34)32(48)39-21(3)31(47)43-30/h6-12,16,19-22,25,30H,13-15,17-18H2,1-5H3,(H,39,48)(H,40,49)(H,41,46)(H,43,47)/t21-,22+,25-,30-/m0/s1. The fraction of sp³-hybridized carbons (Fsp3) is 0.444. The Kier molecular flexibility index (Phi) is 12.3. The molecular weight excluding hydrogens is 713 g/mol. The van der Waals surface area contributed by atoms with E-state index < -0.39 is 60.0 Å². The monoisotopic (exact) mass is 755 g/mol. The molecule has 3 heterocycles. The lowest BCUT2D eigenvalue weighted by molar-refractivity contribution is -0.286. The molecule has 2 aromatic carbocycles. The zero-order valence-electron chi connectivity index (χ0n) is 30.0. The Morgan fingerprint density at radius 3 is 2.32 bits per heavy atom. The van der Waals surface area contributed by atoms with Gasteiger partial charge in [-0.05, 0) is 49.4 Å². The van der Waals surface area contributed by atoms with Crippen molar-refractivity contribution < 1.29 is 42.2 Å². The number of carbonyl (C=O) groups is 5. The van der Waals surface area contributed by atoms with Crippen LogP contribution in [-0.2, 0) is 32.1 Å². The maximum atomic E-state index is 13.8. The number of nitrogens with zero attached hydrogens (tertiary/aromatic N) is 3. The molecule has 284 valence electrons. The van der Waals surface area contributed by atoms with Gasteiger partial charge in [-0.25, -0.2) is 4.98 Å². The molecule has 4 N–H and O–H groups in total. The average molecular weight is 756 g/mol. The van der Waals surface area contributed by atoms with Crippen LogP contribution in [0.1, 0.15) is 60.4 Å². The minimum Gasteiger partial charge on any atom is -0.395 e. The molecule has 2 aliphatic rings. The molecular formula is C36H43F2N7O7S. The van der Waals surface area contributed by atoms with Gasteiger partial charge in [-0.2, -0.15) is 0 Å². The van der Waals surface area contributed by atoms with E-state index in [1.165, 1.54) is 42.2 Å². The van der Waals surface area contributed by atoms with E-state index in [-0.39, 0.29) is 49.3 Å². The van der Waals surface area contributed by atoms with Gasteiger partial charge in [0.2, 0.25) is 23.6 Å². The number of ether oxygens (including phenoxy) is 2. The minimum absolute atomic E-state index is 0.0476. The van der Waals surface area contributed by atoms with Gasteiger partial charge in [-0.15, -0.1) is 20.1 Å². The molecule has 0 saturated heterocycles. The molecule has 2 aliphatic heterocycles. The highest BCUT2D eigenvalue weighted by Gasteiger charge is 2.43. The Morgan fingerprint density at radius 1 is 0.887 bits per heavy atom. The van der Waals surface area contributed by atoms with Gasteiger partial charge < -0.3 is 35.6 Å². The van der Waals surface area contributed by atoms with Gasteiger partial charge >= 0.3 is 6.29 Å². The molecule has 0 aliphatic carbocycles. The Balaban J connectivity index is 1.45. The van der Waals surface area contributed by atoms with Gasteiger partial charge in [0, 0.05) is 32.1 Å². The summed E-state index contributed by atoms with van der Waals surface area (Å²) >= 11 is 1.17. The van der Waals surface area contributed by atoms with E-state index in [4.69, 9.17) is 0 Å². The molecule has 2 bridgehead atoms. The van der Waals surface area contributed by atoms with Gasteiger partial charge in [0.25, 0.3) is 5.91 Å². The van der Waals surface area contributed by atoms with Crippen LogP contribution in [0.25, 0.3) is 0 Å². The number of alkyl halides is 2. The number of amides is 5. The first kappa shape index (κ1) is 39.1. The van der Waals surface area contributed by atoms with Crippen molar-refractivity contribution in [2.24, 2.45) is 5.92 Å². The van der Waals surface area contributed by atoms with Gasteiger partial charge in [0.15, 0.2) is 11.5 Å². The van der Waals surface area contributed by atoms with E-state index in [0.29, 0.717) is 17.0 Å². The zero-order chi connectivity index (χ0) is 38.4. The number of aromatic nitrogens is 1. The van der Waals surface area contributed by atoms with Crippen LogP contribution in [0, 0.1) is 5.92 Å². The van der Waals surface area contributed by atoms with Gasteiger partial charge in [0.05, 0.1) is 12.6 Å². The number of benzene rings is 2. The van der Waals surface area contributed by atoms with Crippen molar-refractivity contribution in [2.75, 3.05) is 26.7 Å². The van der Waals surface area contributed by atoms with E-state index in [0.717, 1.165) is 5.56 Å². The lowest BCUT2D eigenvalue weighted by atomic mass is 10.0. The van der Waals surface area contributed by atoms with Crippen LogP contribution >= 0.6 is 11.3 Å². The summed E-state index contributed by atoms with van der Waals surface area (Å²) in [5.74, 6) is -3.23. The molecule has 0 spiro atoms. The quantitative estimate of drug-likeness (QED) is 0.306. The summed E-state index contributed by atoms with van der Waals surface area (Å²) in [6.07, 6.45) is -3.44. The van der Waals surface area contributed by atoms with Crippen molar-refractivity contribution in [3.63, 3.8) is 0 Å². The number of thiazole rings is 1. The third-order valence-electron chi connectivity index (χ3n) is 8.75. The van der Waals surface area contributed by atoms with Crippen molar-refractivity contribution in [3.05, 3.63) is 75.7 Å². The van der Waals surface area contributed by atoms with Crippen LogP contribution in [0.15, 0.2) is 53.9 Å². The Labute approximate surface area is 309 Å². The molecule has 0 unspecified atom stereocenters. The topological polar surface area (TPSA) is 171 Å². The second-order valence-electron chi connectivity index (χ2n) is 13.5. The number of rotatable bonds is 5. The fourth-order valence-corrected chi connectivity index (χ4v) is 6.71. The number of nitrogens with one attached hydrogen (secondary N) is 4. The third kappa shape index (κ3) is 10.3. The highest BCUT2D eigenvalue weighted by Crippen LogP contribution is 2.41. The first-order chi connectivity index (χ1) is 25.1. The molecule has 53 heavy (non-hydrogen) atoms. The minimum atomic E-state index is -3.80. The van der Waals surface area contributed by atoms with Crippen molar-refractivity contribution in [1.82, 2.24) is 36.1 Å². The van der Waals surface area contributed by atoms with Crippen LogP contribution in [0.5, 0.6) is 11.5 Å². The molecule has 0 radical (unpaired) electrons. The number of hydrogen-bond donors (Lipinski definition) is 4. The van der Waals surface area contributed by atoms with Crippen molar-refractivity contribution >= 4 is 40.9 Å². The summed E-state index contributed by atoms with van der Waals surface area (Å²) in [4.78, 5) is 74.5. The predicted molar refractivity (Wildman–Crippen MR) is 190 cm³/mol. The van der Waals surface area contributed by atoms with Crippen molar-refractivity contribution in [2.45, 2.75) is 71.1 Å². The summed E-state index contributed by atoms with van der Waals surface area (Å²) in [5.41, 5.74) is 1.50.